The maximum absolute atomic E-state index is 12.8. The fourth-order valence-corrected chi connectivity index (χ4v) is 2.14. The number of nitrogens with zero attached hydrogens (tertiary/aromatic N) is 1. The Labute approximate surface area is 153 Å². The minimum absolute atomic E-state index is 0.0227. The number of methoxy groups -OCH3 is 1. The van der Waals surface area contributed by atoms with Crippen LogP contribution in [0.5, 0.6) is 11.5 Å². The van der Waals surface area contributed by atoms with E-state index in [1.165, 1.54) is 25.5 Å². The van der Waals surface area contributed by atoms with Gasteiger partial charge in [-0.3, -0.25) is 5.43 Å². The molecule has 0 bridgehead atoms. The normalized spacial score (nSPS) is 11.4. The molecule has 5 nitrogen and oxygen atoms in total. The molecule has 3 N–H and O–H groups in total. The zero-order valence-electron chi connectivity index (χ0n) is 13.7. The predicted molar refractivity (Wildman–Crippen MR) is 96.3 cm³/mol. The van der Waals surface area contributed by atoms with E-state index in [0.29, 0.717) is 16.9 Å². The van der Waals surface area contributed by atoms with Crippen LogP contribution in [-0.4, -0.2) is 18.4 Å². The number of hydrogen-bond donors (Lipinski definition) is 2. The molecule has 0 aliphatic rings. The maximum Gasteiger partial charge on any atom is 0.416 e. The predicted octanol–water partition coefficient (Wildman–Crippen LogP) is 3.46. The summed E-state index contributed by atoms with van der Waals surface area (Å²) < 4.78 is 49.0. The highest BCUT2D eigenvalue weighted by Gasteiger charge is 2.30. The van der Waals surface area contributed by atoms with Crippen molar-refractivity contribution >= 4 is 23.5 Å². The van der Waals surface area contributed by atoms with Crippen molar-refractivity contribution < 1.29 is 22.6 Å². The van der Waals surface area contributed by atoms with E-state index in [-0.39, 0.29) is 17.5 Å². The molecule has 0 aliphatic carbocycles. The van der Waals surface area contributed by atoms with E-state index < -0.39 is 11.7 Å². The first-order valence-corrected chi connectivity index (χ1v) is 7.76. The van der Waals surface area contributed by atoms with Crippen molar-refractivity contribution in [2.45, 2.75) is 12.8 Å². The van der Waals surface area contributed by atoms with Gasteiger partial charge in [0.05, 0.1) is 18.9 Å². The second kappa shape index (κ2) is 8.52. The van der Waals surface area contributed by atoms with Crippen molar-refractivity contribution in [1.29, 1.82) is 0 Å². The third-order valence-corrected chi connectivity index (χ3v) is 3.34. The number of nitrogens with two attached hydrogens (primary N) is 1. The molecule has 26 heavy (non-hydrogen) atoms. The van der Waals surface area contributed by atoms with E-state index in [1.807, 2.05) is 0 Å². The summed E-state index contributed by atoms with van der Waals surface area (Å²) in [6.07, 6.45) is -2.93. The van der Waals surface area contributed by atoms with E-state index in [1.54, 1.807) is 18.2 Å². The Kier molecular flexibility index (Phi) is 6.40. The van der Waals surface area contributed by atoms with E-state index in [0.717, 1.165) is 12.1 Å². The first kappa shape index (κ1) is 19.5. The molecule has 0 saturated heterocycles. The van der Waals surface area contributed by atoms with Crippen LogP contribution in [0.3, 0.4) is 0 Å². The van der Waals surface area contributed by atoms with Gasteiger partial charge in [0.15, 0.2) is 5.11 Å². The SMILES string of the molecule is COc1ccc(C=NNC(N)=S)cc1COc1cccc(C(F)(F)F)c1. The van der Waals surface area contributed by atoms with Gasteiger partial charge in [-0.25, -0.2) is 0 Å². The summed E-state index contributed by atoms with van der Waals surface area (Å²) >= 11 is 4.64. The van der Waals surface area contributed by atoms with Crippen LogP contribution < -0.4 is 20.6 Å². The van der Waals surface area contributed by atoms with Crippen molar-refractivity contribution in [3.63, 3.8) is 0 Å². The van der Waals surface area contributed by atoms with Gasteiger partial charge in [0.1, 0.15) is 18.1 Å². The molecular formula is C17H16F3N3O2S. The number of rotatable bonds is 6. The van der Waals surface area contributed by atoms with Crippen molar-refractivity contribution in [1.82, 2.24) is 5.43 Å². The van der Waals surface area contributed by atoms with Gasteiger partial charge in [-0.1, -0.05) is 6.07 Å². The molecule has 0 atom stereocenters. The molecule has 0 amide bonds. The van der Waals surface area contributed by atoms with Gasteiger partial charge in [-0.2, -0.15) is 18.3 Å². The molecule has 2 aromatic rings. The maximum atomic E-state index is 12.8. The molecule has 0 heterocycles. The zero-order valence-corrected chi connectivity index (χ0v) is 14.5. The van der Waals surface area contributed by atoms with Gasteiger partial charge in [0.25, 0.3) is 0 Å². The molecule has 138 valence electrons. The molecular weight excluding hydrogens is 367 g/mol. The minimum atomic E-state index is -4.43. The second-order valence-electron chi connectivity index (χ2n) is 5.12. The fraction of sp³-hybridized carbons (Fsp3) is 0.176. The fourth-order valence-electron chi connectivity index (χ4n) is 2.09. The Bertz CT molecular complexity index is 810. The lowest BCUT2D eigenvalue weighted by Gasteiger charge is -2.13. The number of thiocarbonyl (C=S) groups is 1. The molecule has 0 saturated carbocycles. The number of alkyl halides is 3. The Hall–Kier alpha value is -2.81. The summed E-state index contributed by atoms with van der Waals surface area (Å²) in [7, 11) is 1.49. The van der Waals surface area contributed by atoms with Crippen molar-refractivity contribution in [3.05, 3.63) is 59.2 Å². The molecule has 0 fully saturated rings. The number of hydrazone groups is 1. The quantitative estimate of drug-likeness (QED) is 0.454. The largest absolute Gasteiger partial charge is 0.496 e. The molecule has 0 aliphatic heterocycles. The third-order valence-electron chi connectivity index (χ3n) is 3.25. The van der Waals surface area contributed by atoms with Gasteiger partial charge < -0.3 is 15.2 Å². The Morgan fingerprint density at radius 2 is 2.04 bits per heavy atom. The van der Waals surface area contributed by atoms with E-state index in [9.17, 15) is 13.2 Å². The summed E-state index contributed by atoms with van der Waals surface area (Å²) in [5.74, 6) is 0.646. The molecule has 0 radical (unpaired) electrons. The lowest BCUT2D eigenvalue weighted by molar-refractivity contribution is -0.137. The van der Waals surface area contributed by atoms with Gasteiger partial charge in [-0.15, -0.1) is 0 Å². The number of nitrogens with one attached hydrogen (secondary N) is 1. The zero-order chi connectivity index (χ0) is 19.2. The highest BCUT2D eigenvalue weighted by atomic mass is 32.1. The van der Waals surface area contributed by atoms with E-state index in [4.69, 9.17) is 15.2 Å². The lowest BCUT2D eigenvalue weighted by Crippen LogP contribution is -2.24. The smallest absolute Gasteiger partial charge is 0.416 e. The van der Waals surface area contributed by atoms with Crippen LogP contribution in [0.4, 0.5) is 13.2 Å². The third kappa shape index (κ3) is 5.62. The van der Waals surface area contributed by atoms with Crippen LogP contribution in [0.25, 0.3) is 0 Å². The number of ether oxygens (including phenoxy) is 2. The summed E-state index contributed by atoms with van der Waals surface area (Å²) in [6, 6.07) is 9.86. The molecule has 0 aromatic heterocycles. The first-order valence-electron chi connectivity index (χ1n) is 7.35. The lowest BCUT2D eigenvalue weighted by atomic mass is 10.1. The second-order valence-corrected chi connectivity index (χ2v) is 5.56. The number of halogens is 3. The molecule has 0 unspecified atom stereocenters. The summed E-state index contributed by atoms with van der Waals surface area (Å²) in [6.45, 7) is 0.0227. The standard InChI is InChI=1S/C17H16F3N3O2S/c1-24-15-6-5-11(9-22-23-16(21)26)7-12(15)10-25-14-4-2-3-13(8-14)17(18,19)20/h2-9H,10H2,1H3,(H3,21,23,26). The van der Waals surface area contributed by atoms with Crippen LogP contribution >= 0.6 is 12.2 Å². The van der Waals surface area contributed by atoms with Crippen LogP contribution in [0.15, 0.2) is 47.6 Å². The van der Waals surface area contributed by atoms with Crippen molar-refractivity contribution in [3.8, 4) is 11.5 Å². The topological polar surface area (TPSA) is 68.9 Å². The van der Waals surface area contributed by atoms with E-state index in [2.05, 4.69) is 22.7 Å². The Morgan fingerprint density at radius 1 is 1.27 bits per heavy atom. The highest BCUT2D eigenvalue weighted by molar-refractivity contribution is 7.80. The highest BCUT2D eigenvalue weighted by Crippen LogP contribution is 2.31. The summed E-state index contributed by atoms with van der Waals surface area (Å²) in [5.41, 5.74) is 8.28. The van der Waals surface area contributed by atoms with Gasteiger partial charge >= 0.3 is 6.18 Å². The van der Waals surface area contributed by atoms with E-state index >= 15 is 0 Å². The minimum Gasteiger partial charge on any atom is -0.496 e. The Morgan fingerprint density at radius 3 is 2.69 bits per heavy atom. The monoisotopic (exact) mass is 383 g/mol. The van der Waals surface area contributed by atoms with Crippen molar-refractivity contribution in [2.75, 3.05) is 7.11 Å². The molecule has 0 spiro atoms. The van der Waals surface area contributed by atoms with Crippen LogP contribution in [0, 0.1) is 0 Å². The van der Waals surface area contributed by atoms with Crippen molar-refractivity contribution in [2.24, 2.45) is 10.8 Å². The van der Waals surface area contributed by atoms with Crippen LogP contribution in [-0.2, 0) is 12.8 Å². The van der Waals surface area contributed by atoms with Crippen LogP contribution in [0.1, 0.15) is 16.7 Å². The molecule has 2 rings (SSSR count). The summed E-state index contributed by atoms with van der Waals surface area (Å²) in [4.78, 5) is 0. The van der Waals surface area contributed by atoms with Gasteiger partial charge in [-0.05, 0) is 54.2 Å². The first-order chi connectivity index (χ1) is 12.3. The van der Waals surface area contributed by atoms with Gasteiger partial charge in [0.2, 0.25) is 0 Å². The van der Waals surface area contributed by atoms with Gasteiger partial charge in [0, 0.05) is 5.56 Å². The van der Waals surface area contributed by atoms with Crippen LogP contribution in [0.2, 0.25) is 0 Å². The number of hydrogen-bond acceptors (Lipinski definition) is 4. The summed E-state index contributed by atoms with van der Waals surface area (Å²) in [5, 5.41) is 3.88. The number of benzene rings is 2. The molecule has 2 aromatic carbocycles. The average Bonchev–Trinajstić information content (AvgIpc) is 2.59. The Balaban J connectivity index is 2.15. The molecule has 9 heteroatoms. The average molecular weight is 383 g/mol.